The maximum absolute atomic E-state index is 2.37. The van der Waals surface area contributed by atoms with E-state index in [1.165, 1.54) is 38.5 Å². The van der Waals surface area contributed by atoms with Gasteiger partial charge in [-0.2, -0.15) is 0 Å². The minimum atomic E-state index is 0.891. The van der Waals surface area contributed by atoms with Crippen LogP contribution < -0.4 is 0 Å². The van der Waals surface area contributed by atoms with Crippen LogP contribution in [0.15, 0.2) is 0 Å². The molecule has 74 valence electrons. The van der Waals surface area contributed by atoms with E-state index in [2.05, 4.69) is 27.7 Å². The second-order valence-corrected chi connectivity index (χ2v) is 4.29. The predicted octanol–water partition coefficient (Wildman–Crippen LogP) is 4.64. The molecule has 0 aliphatic heterocycles. The van der Waals surface area contributed by atoms with Crippen LogP contribution in [0.3, 0.4) is 0 Å². The van der Waals surface area contributed by atoms with Crippen molar-refractivity contribution in [1.29, 1.82) is 0 Å². The molecule has 0 N–H and O–H groups in total. The molecule has 0 bridgehead atoms. The Bertz CT molecular complexity index is 84.0. The first-order valence-corrected chi connectivity index (χ1v) is 5.72. The number of hydrogen-bond acceptors (Lipinski definition) is 0. The van der Waals surface area contributed by atoms with Gasteiger partial charge in [0.25, 0.3) is 0 Å². The van der Waals surface area contributed by atoms with Gasteiger partial charge in [-0.3, -0.25) is 0 Å². The van der Waals surface area contributed by atoms with E-state index in [9.17, 15) is 0 Å². The zero-order valence-corrected chi connectivity index (χ0v) is 9.40. The number of hydrogen-bond donors (Lipinski definition) is 0. The first-order valence-electron chi connectivity index (χ1n) is 5.72. The van der Waals surface area contributed by atoms with Gasteiger partial charge in [-0.25, -0.2) is 0 Å². The molecular weight excluding hydrogens is 144 g/mol. The quantitative estimate of drug-likeness (QED) is 0.488. The van der Waals surface area contributed by atoms with Gasteiger partial charge in [0.2, 0.25) is 0 Å². The lowest BCUT2D eigenvalue weighted by Gasteiger charge is -2.19. The first-order chi connectivity index (χ1) is 5.72. The Morgan fingerprint density at radius 2 is 1.50 bits per heavy atom. The first kappa shape index (κ1) is 12.0. The molecular formula is C12H26. The third-order valence-electron chi connectivity index (χ3n) is 2.78. The SMILES string of the molecule is CCCCCC(CCC)C(C)C. The van der Waals surface area contributed by atoms with Crippen LogP contribution in [-0.2, 0) is 0 Å². The van der Waals surface area contributed by atoms with Crippen molar-refractivity contribution in [2.45, 2.75) is 66.2 Å². The third kappa shape index (κ3) is 5.62. The highest BCUT2D eigenvalue weighted by atomic mass is 14.2. The molecule has 0 saturated heterocycles. The van der Waals surface area contributed by atoms with Gasteiger partial charge in [-0.15, -0.1) is 0 Å². The summed E-state index contributed by atoms with van der Waals surface area (Å²) < 4.78 is 0. The molecule has 0 rings (SSSR count). The maximum Gasteiger partial charge on any atom is -0.0391 e. The minimum Gasteiger partial charge on any atom is -0.0654 e. The van der Waals surface area contributed by atoms with Crippen LogP contribution in [-0.4, -0.2) is 0 Å². The molecule has 0 aromatic rings. The Hall–Kier alpha value is 0. The monoisotopic (exact) mass is 170 g/mol. The van der Waals surface area contributed by atoms with E-state index in [-0.39, 0.29) is 0 Å². The van der Waals surface area contributed by atoms with E-state index >= 15 is 0 Å². The summed E-state index contributed by atoms with van der Waals surface area (Å²) >= 11 is 0. The molecule has 0 saturated carbocycles. The van der Waals surface area contributed by atoms with E-state index in [0.717, 1.165) is 11.8 Å². The molecule has 0 fully saturated rings. The fourth-order valence-corrected chi connectivity index (χ4v) is 1.84. The van der Waals surface area contributed by atoms with Crippen molar-refractivity contribution in [3.05, 3.63) is 0 Å². The standard InChI is InChI=1S/C12H26/c1-5-7-8-10-12(9-6-2)11(3)4/h11-12H,5-10H2,1-4H3. The molecule has 12 heavy (non-hydrogen) atoms. The van der Waals surface area contributed by atoms with Gasteiger partial charge in [0.05, 0.1) is 0 Å². The summed E-state index contributed by atoms with van der Waals surface area (Å²) in [5.41, 5.74) is 0. The minimum absolute atomic E-state index is 0.891. The van der Waals surface area contributed by atoms with Crippen LogP contribution in [0.25, 0.3) is 0 Å². The Balaban J connectivity index is 3.49. The second kappa shape index (κ2) is 7.64. The summed E-state index contributed by atoms with van der Waals surface area (Å²) in [6.45, 7) is 9.32. The molecule has 0 aromatic heterocycles. The van der Waals surface area contributed by atoms with Crippen molar-refractivity contribution in [3.63, 3.8) is 0 Å². The lowest BCUT2D eigenvalue weighted by molar-refractivity contribution is 0.323. The Morgan fingerprint density at radius 1 is 0.833 bits per heavy atom. The number of rotatable bonds is 7. The van der Waals surface area contributed by atoms with Crippen molar-refractivity contribution >= 4 is 0 Å². The van der Waals surface area contributed by atoms with Crippen LogP contribution in [0.2, 0.25) is 0 Å². The van der Waals surface area contributed by atoms with Gasteiger partial charge in [0.15, 0.2) is 0 Å². The lowest BCUT2D eigenvalue weighted by Crippen LogP contribution is -2.08. The maximum atomic E-state index is 2.37. The average Bonchev–Trinajstić information content (AvgIpc) is 2.03. The van der Waals surface area contributed by atoms with Crippen molar-refractivity contribution < 1.29 is 0 Å². The van der Waals surface area contributed by atoms with E-state index in [1.54, 1.807) is 0 Å². The van der Waals surface area contributed by atoms with Gasteiger partial charge < -0.3 is 0 Å². The fraction of sp³-hybridized carbons (Fsp3) is 1.00. The highest BCUT2D eigenvalue weighted by molar-refractivity contribution is 4.62. The normalized spacial score (nSPS) is 13.8. The van der Waals surface area contributed by atoms with Crippen molar-refractivity contribution in [1.82, 2.24) is 0 Å². The lowest BCUT2D eigenvalue weighted by atomic mass is 9.87. The summed E-state index contributed by atoms with van der Waals surface area (Å²) in [4.78, 5) is 0. The molecule has 0 aromatic carbocycles. The van der Waals surface area contributed by atoms with Gasteiger partial charge in [0, 0.05) is 0 Å². The van der Waals surface area contributed by atoms with Crippen molar-refractivity contribution in [2.75, 3.05) is 0 Å². The van der Waals surface area contributed by atoms with Crippen molar-refractivity contribution in [3.8, 4) is 0 Å². The van der Waals surface area contributed by atoms with Crippen LogP contribution in [0.1, 0.15) is 66.2 Å². The topological polar surface area (TPSA) is 0 Å². The Labute approximate surface area is 78.8 Å². The molecule has 0 nitrogen and oxygen atoms in total. The van der Waals surface area contributed by atoms with Crippen LogP contribution in [0.4, 0.5) is 0 Å². The van der Waals surface area contributed by atoms with Crippen molar-refractivity contribution in [2.24, 2.45) is 11.8 Å². The molecule has 0 heterocycles. The van der Waals surface area contributed by atoms with Crippen LogP contribution in [0.5, 0.6) is 0 Å². The van der Waals surface area contributed by atoms with Gasteiger partial charge >= 0.3 is 0 Å². The molecule has 0 aliphatic rings. The second-order valence-electron chi connectivity index (χ2n) is 4.29. The fourth-order valence-electron chi connectivity index (χ4n) is 1.84. The number of unbranched alkanes of at least 4 members (excludes halogenated alkanes) is 2. The Morgan fingerprint density at radius 3 is 1.92 bits per heavy atom. The molecule has 0 aliphatic carbocycles. The van der Waals surface area contributed by atoms with Crippen LogP contribution >= 0.6 is 0 Å². The van der Waals surface area contributed by atoms with Gasteiger partial charge in [0.1, 0.15) is 0 Å². The van der Waals surface area contributed by atoms with E-state index in [1.807, 2.05) is 0 Å². The third-order valence-corrected chi connectivity index (χ3v) is 2.78. The Kier molecular flexibility index (Phi) is 7.64. The molecule has 0 spiro atoms. The average molecular weight is 170 g/mol. The zero-order valence-electron chi connectivity index (χ0n) is 9.40. The largest absolute Gasteiger partial charge is 0.0654 e. The smallest absolute Gasteiger partial charge is 0.0391 e. The van der Waals surface area contributed by atoms with E-state index in [0.29, 0.717) is 0 Å². The molecule has 1 atom stereocenters. The summed E-state index contributed by atoms with van der Waals surface area (Å²) in [5.74, 6) is 1.88. The molecule has 0 amide bonds. The highest BCUT2D eigenvalue weighted by Gasteiger charge is 2.10. The summed E-state index contributed by atoms with van der Waals surface area (Å²) in [6.07, 6.45) is 8.47. The summed E-state index contributed by atoms with van der Waals surface area (Å²) in [6, 6.07) is 0. The predicted molar refractivity (Wildman–Crippen MR) is 57.4 cm³/mol. The zero-order chi connectivity index (χ0) is 9.40. The molecule has 0 heteroatoms. The van der Waals surface area contributed by atoms with Gasteiger partial charge in [-0.1, -0.05) is 66.2 Å². The highest BCUT2D eigenvalue weighted by Crippen LogP contribution is 2.23. The molecule has 1 unspecified atom stereocenters. The van der Waals surface area contributed by atoms with E-state index in [4.69, 9.17) is 0 Å². The van der Waals surface area contributed by atoms with Crippen LogP contribution in [0, 0.1) is 11.8 Å². The summed E-state index contributed by atoms with van der Waals surface area (Å²) in [5, 5.41) is 0. The van der Waals surface area contributed by atoms with Gasteiger partial charge in [-0.05, 0) is 11.8 Å². The molecule has 0 radical (unpaired) electrons. The summed E-state index contributed by atoms with van der Waals surface area (Å²) in [7, 11) is 0. The van der Waals surface area contributed by atoms with E-state index < -0.39 is 0 Å².